The summed E-state index contributed by atoms with van der Waals surface area (Å²) in [5.41, 5.74) is 1.86. The largest absolute Gasteiger partial charge is 0.487 e. The summed E-state index contributed by atoms with van der Waals surface area (Å²) in [5, 5.41) is 3.13. The first-order valence-electron chi connectivity index (χ1n) is 9.77. The number of ether oxygens (including phenoxy) is 1. The van der Waals surface area contributed by atoms with Crippen molar-refractivity contribution in [3.8, 4) is 5.75 Å². The van der Waals surface area contributed by atoms with Crippen LogP contribution in [0.25, 0.3) is 6.08 Å². The fourth-order valence-electron chi connectivity index (χ4n) is 3.40. The van der Waals surface area contributed by atoms with Gasteiger partial charge in [0.15, 0.2) is 0 Å². The predicted octanol–water partition coefficient (Wildman–Crippen LogP) is 4.54. The average Bonchev–Trinajstić information content (AvgIpc) is 3.33. The van der Waals surface area contributed by atoms with E-state index in [4.69, 9.17) is 4.74 Å². The summed E-state index contributed by atoms with van der Waals surface area (Å²) >= 11 is 1.67. The monoisotopic (exact) mass is 405 g/mol. The van der Waals surface area contributed by atoms with E-state index < -0.39 is 0 Å². The highest BCUT2D eigenvalue weighted by molar-refractivity contribution is 7.09. The molecule has 2 aromatic heterocycles. The Morgan fingerprint density at radius 1 is 1.17 bits per heavy atom. The minimum Gasteiger partial charge on any atom is -0.487 e. The van der Waals surface area contributed by atoms with Crippen LogP contribution in [-0.2, 0) is 11.4 Å². The highest BCUT2D eigenvalue weighted by atomic mass is 32.1. The van der Waals surface area contributed by atoms with Gasteiger partial charge in [0.05, 0.1) is 10.7 Å². The second-order valence-corrected chi connectivity index (χ2v) is 7.93. The molecule has 0 saturated carbocycles. The summed E-state index contributed by atoms with van der Waals surface area (Å²) < 4.78 is 5.75. The molecule has 1 aliphatic heterocycles. The molecule has 1 aromatic carbocycles. The molecule has 0 spiro atoms. The zero-order valence-electron chi connectivity index (χ0n) is 16.1. The molecule has 1 amide bonds. The van der Waals surface area contributed by atoms with E-state index >= 15 is 0 Å². The third-order valence-corrected chi connectivity index (χ3v) is 5.88. The van der Waals surface area contributed by atoms with E-state index in [0.29, 0.717) is 12.5 Å². The molecule has 0 N–H and O–H groups in total. The standard InChI is InChI=1S/C23H23N3O2S/c27-22(26-14-3-4-19(16-26)23-25-13-15-29-23)11-8-18-6-9-21(10-7-18)28-17-20-5-1-2-12-24-20/h1-2,5-13,15,19H,3-4,14,16-17H2/b11-8+. The van der Waals surface area contributed by atoms with Crippen LogP contribution in [0.15, 0.2) is 66.3 Å². The molecule has 0 radical (unpaired) electrons. The summed E-state index contributed by atoms with van der Waals surface area (Å²) in [6.07, 6.45) is 9.23. The fourth-order valence-corrected chi connectivity index (χ4v) is 4.17. The number of aromatic nitrogens is 2. The van der Waals surface area contributed by atoms with Crippen LogP contribution in [0.2, 0.25) is 0 Å². The number of amides is 1. The molecule has 1 aliphatic rings. The quantitative estimate of drug-likeness (QED) is 0.565. The van der Waals surface area contributed by atoms with Crippen LogP contribution in [0.5, 0.6) is 5.75 Å². The number of thiazole rings is 1. The van der Waals surface area contributed by atoms with Crippen LogP contribution in [0.4, 0.5) is 0 Å². The maximum atomic E-state index is 12.6. The Bertz CT molecular complexity index is 940. The lowest BCUT2D eigenvalue weighted by atomic mass is 9.98. The second-order valence-electron chi connectivity index (χ2n) is 7.01. The van der Waals surface area contributed by atoms with Crippen molar-refractivity contribution in [1.82, 2.24) is 14.9 Å². The molecular weight excluding hydrogens is 382 g/mol. The van der Waals surface area contributed by atoms with Gasteiger partial charge < -0.3 is 9.64 Å². The van der Waals surface area contributed by atoms with Crippen molar-refractivity contribution in [3.63, 3.8) is 0 Å². The molecule has 1 saturated heterocycles. The van der Waals surface area contributed by atoms with Crippen molar-refractivity contribution in [1.29, 1.82) is 0 Å². The van der Waals surface area contributed by atoms with Gasteiger partial charge in [-0.2, -0.15) is 0 Å². The van der Waals surface area contributed by atoms with E-state index in [-0.39, 0.29) is 5.91 Å². The molecule has 1 fully saturated rings. The van der Waals surface area contributed by atoms with Crippen LogP contribution in [-0.4, -0.2) is 33.9 Å². The van der Waals surface area contributed by atoms with E-state index in [1.807, 2.05) is 65.0 Å². The Morgan fingerprint density at radius 3 is 2.83 bits per heavy atom. The summed E-state index contributed by atoms with van der Waals surface area (Å²) in [4.78, 5) is 23.2. The van der Waals surface area contributed by atoms with Crippen LogP contribution in [0.3, 0.4) is 0 Å². The summed E-state index contributed by atoms with van der Waals surface area (Å²) in [5.74, 6) is 1.19. The molecule has 3 heterocycles. The van der Waals surface area contributed by atoms with Crippen molar-refractivity contribution in [2.45, 2.75) is 25.4 Å². The Hall–Kier alpha value is -2.99. The number of hydrogen-bond acceptors (Lipinski definition) is 5. The lowest BCUT2D eigenvalue weighted by Gasteiger charge is -2.31. The second kappa shape index (κ2) is 9.47. The normalized spacial score (nSPS) is 16.8. The molecule has 0 aliphatic carbocycles. The minimum atomic E-state index is 0.0572. The first-order valence-corrected chi connectivity index (χ1v) is 10.6. The predicted molar refractivity (Wildman–Crippen MR) is 115 cm³/mol. The molecule has 29 heavy (non-hydrogen) atoms. The number of nitrogens with zero attached hydrogens (tertiary/aromatic N) is 3. The Balaban J connectivity index is 1.30. The third-order valence-electron chi connectivity index (χ3n) is 4.95. The van der Waals surface area contributed by atoms with E-state index in [0.717, 1.165) is 47.9 Å². The van der Waals surface area contributed by atoms with Gasteiger partial charge in [-0.05, 0) is 48.7 Å². The number of pyridine rings is 1. The number of carbonyl (C=O) groups is 1. The number of piperidine rings is 1. The van der Waals surface area contributed by atoms with Crippen LogP contribution in [0.1, 0.15) is 35.0 Å². The summed E-state index contributed by atoms with van der Waals surface area (Å²) in [7, 11) is 0. The van der Waals surface area contributed by atoms with Crippen molar-refractivity contribution in [3.05, 3.63) is 82.6 Å². The highest BCUT2D eigenvalue weighted by Gasteiger charge is 2.25. The van der Waals surface area contributed by atoms with Gasteiger partial charge in [0, 0.05) is 42.9 Å². The molecule has 0 bridgehead atoms. The molecule has 3 aromatic rings. The number of rotatable bonds is 6. The van der Waals surface area contributed by atoms with Gasteiger partial charge in [-0.25, -0.2) is 4.98 Å². The van der Waals surface area contributed by atoms with Crippen molar-refractivity contribution in [2.75, 3.05) is 13.1 Å². The summed E-state index contributed by atoms with van der Waals surface area (Å²) in [6, 6.07) is 13.5. The van der Waals surface area contributed by atoms with E-state index in [1.54, 1.807) is 23.6 Å². The number of carbonyl (C=O) groups excluding carboxylic acids is 1. The zero-order valence-corrected chi connectivity index (χ0v) is 16.9. The van der Waals surface area contributed by atoms with Crippen molar-refractivity contribution < 1.29 is 9.53 Å². The van der Waals surface area contributed by atoms with Gasteiger partial charge in [0.1, 0.15) is 12.4 Å². The molecule has 1 unspecified atom stereocenters. The molecule has 4 rings (SSSR count). The van der Waals surface area contributed by atoms with Crippen molar-refractivity contribution >= 4 is 23.3 Å². The minimum absolute atomic E-state index is 0.0572. The van der Waals surface area contributed by atoms with Gasteiger partial charge in [0.25, 0.3) is 0 Å². The number of hydrogen-bond donors (Lipinski definition) is 0. The molecule has 1 atom stereocenters. The molecular formula is C23H23N3O2S. The van der Waals surface area contributed by atoms with Gasteiger partial charge >= 0.3 is 0 Å². The molecule has 6 heteroatoms. The Kier molecular flexibility index (Phi) is 6.32. The third kappa shape index (κ3) is 5.29. The zero-order chi connectivity index (χ0) is 19.9. The first-order chi connectivity index (χ1) is 14.3. The summed E-state index contributed by atoms with van der Waals surface area (Å²) in [6.45, 7) is 1.99. The van der Waals surface area contributed by atoms with Crippen LogP contribution in [0, 0.1) is 0 Å². The Morgan fingerprint density at radius 2 is 2.07 bits per heavy atom. The van der Waals surface area contributed by atoms with Gasteiger partial charge in [0.2, 0.25) is 5.91 Å². The van der Waals surface area contributed by atoms with Gasteiger partial charge in [-0.3, -0.25) is 9.78 Å². The number of benzene rings is 1. The number of likely N-dealkylation sites (tertiary alicyclic amines) is 1. The highest BCUT2D eigenvalue weighted by Crippen LogP contribution is 2.28. The Labute approximate surface area is 174 Å². The molecule has 148 valence electrons. The van der Waals surface area contributed by atoms with Gasteiger partial charge in [-0.15, -0.1) is 11.3 Å². The fraction of sp³-hybridized carbons (Fsp3) is 0.261. The van der Waals surface area contributed by atoms with E-state index in [1.165, 1.54) is 0 Å². The van der Waals surface area contributed by atoms with Gasteiger partial charge in [-0.1, -0.05) is 18.2 Å². The smallest absolute Gasteiger partial charge is 0.246 e. The SMILES string of the molecule is O=C(/C=C/c1ccc(OCc2ccccn2)cc1)N1CCCC(c2nccs2)C1. The van der Waals surface area contributed by atoms with E-state index in [9.17, 15) is 4.79 Å². The maximum Gasteiger partial charge on any atom is 0.246 e. The lowest BCUT2D eigenvalue weighted by molar-refractivity contribution is -0.127. The maximum absolute atomic E-state index is 12.6. The van der Waals surface area contributed by atoms with Crippen LogP contribution < -0.4 is 4.74 Å². The van der Waals surface area contributed by atoms with Crippen molar-refractivity contribution in [2.24, 2.45) is 0 Å². The van der Waals surface area contributed by atoms with E-state index in [2.05, 4.69) is 9.97 Å². The topological polar surface area (TPSA) is 55.3 Å². The first kappa shape index (κ1) is 19.3. The average molecular weight is 406 g/mol. The molecule has 5 nitrogen and oxygen atoms in total. The lowest BCUT2D eigenvalue weighted by Crippen LogP contribution is -2.38. The van der Waals surface area contributed by atoms with Crippen LogP contribution >= 0.6 is 11.3 Å².